The van der Waals surface area contributed by atoms with Crippen molar-refractivity contribution in [3.05, 3.63) is 27.7 Å². The number of carbonyl (C=O) groups excluding carboxylic acids is 1. The fourth-order valence-electron chi connectivity index (χ4n) is 1.02. The molecule has 0 spiro atoms. The van der Waals surface area contributed by atoms with Crippen molar-refractivity contribution in [3.8, 4) is 0 Å². The maximum atomic E-state index is 11.1. The number of carbonyl (C=O) groups is 1. The summed E-state index contributed by atoms with van der Waals surface area (Å²) >= 11 is 11.8. The van der Waals surface area contributed by atoms with Gasteiger partial charge in [-0.2, -0.15) is 0 Å². The van der Waals surface area contributed by atoms with Crippen LogP contribution in [0.2, 0.25) is 10.0 Å². The molecule has 5 heteroatoms. The van der Waals surface area contributed by atoms with E-state index in [4.69, 9.17) is 27.9 Å². The lowest BCUT2D eigenvalue weighted by atomic mass is 10.2. The second kappa shape index (κ2) is 5.24. The molecule has 0 aliphatic heterocycles. The first-order chi connectivity index (χ1) is 7.04. The van der Waals surface area contributed by atoms with Crippen LogP contribution in [-0.4, -0.2) is 12.7 Å². The smallest absolute Gasteiger partial charge is 0.411 e. The SMILES string of the molecule is CCOC(=O)Nc1cc(Cl)c(C)cc1Cl. The van der Waals surface area contributed by atoms with E-state index in [1.165, 1.54) is 0 Å². The van der Waals surface area contributed by atoms with Crippen LogP contribution >= 0.6 is 23.2 Å². The Bertz CT molecular complexity index is 380. The van der Waals surface area contributed by atoms with Gasteiger partial charge in [-0.25, -0.2) is 4.79 Å². The number of aryl methyl sites for hydroxylation is 1. The molecule has 0 radical (unpaired) electrons. The van der Waals surface area contributed by atoms with Crippen molar-refractivity contribution in [2.45, 2.75) is 13.8 Å². The molecule has 0 bridgehead atoms. The van der Waals surface area contributed by atoms with Crippen LogP contribution in [0, 0.1) is 6.92 Å². The summed E-state index contributed by atoms with van der Waals surface area (Å²) in [5, 5.41) is 3.48. The standard InChI is InChI=1S/C10H11Cl2NO2/c1-3-15-10(14)13-9-5-7(11)6(2)4-8(9)12/h4-5H,3H2,1-2H3,(H,13,14). The zero-order valence-electron chi connectivity index (χ0n) is 8.43. The Morgan fingerprint density at radius 3 is 2.67 bits per heavy atom. The summed E-state index contributed by atoms with van der Waals surface area (Å²) in [5.41, 5.74) is 1.31. The molecule has 1 amide bonds. The second-order valence-corrected chi connectivity index (χ2v) is 3.74. The summed E-state index contributed by atoms with van der Waals surface area (Å²) in [6.07, 6.45) is -0.542. The molecule has 0 aliphatic carbocycles. The summed E-state index contributed by atoms with van der Waals surface area (Å²) in [6.45, 7) is 3.87. The molecule has 0 unspecified atom stereocenters. The van der Waals surface area contributed by atoms with Crippen molar-refractivity contribution >= 4 is 35.0 Å². The first kappa shape index (κ1) is 12.1. The number of ether oxygens (including phenoxy) is 1. The van der Waals surface area contributed by atoms with E-state index in [9.17, 15) is 4.79 Å². The summed E-state index contributed by atoms with van der Waals surface area (Å²) in [7, 11) is 0. The quantitative estimate of drug-likeness (QED) is 0.862. The van der Waals surface area contributed by atoms with Gasteiger partial charge in [0.05, 0.1) is 17.3 Å². The van der Waals surface area contributed by atoms with Gasteiger partial charge in [-0.15, -0.1) is 0 Å². The molecular weight excluding hydrogens is 237 g/mol. The molecule has 3 nitrogen and oxygen atoms in total. The van der Waals surface area contributed by atoms with E-state index in [1.54, 1.807) is 19.1 Å². The maximum Gasteiger partial charge on any atom is 0.411 e. The van der Waals surface area contributed by atoms with Crippen LogP contribution in [-0.2, 0) is 4.74 Å². The molecule has 0 aromatic heterocycles. The van der Waals surface area contributed by atoms with Crippen LogP contribution in [0.25, 0.3) is 0 Å². The number of hydrogen-bond donors (Lipinski definition) is 1. The predicted molar refractivity (Wildman–Crippen MR) is 61.8 cm³/mol. The van der Waals surface area contributed by atoms with E-state index in [0.29, 0.717) is 22.3 Å². The van der Waals surface area contributed by atoms with Gasteiger partial charge in [-0.1, -0.05) is 23.2 Å². The summed E-state index contributed by atoms with van der Waals surface area (Å²) in [5.74, 6) is 0. The largest absolute Gasteiger partial charge is 0.450 e. The van der Waals surface area contributed by atoms with E-state index in [0.717, 1.165) is 5.56 Å². The fourth-order valence-corrected chi connectivity index (χ4v) is 1.45. The third kappa shape index (κ3) is 3.29. The van der Waals surface area contributed by atoms with Gasteiger partial charge < -0.3 is 4.74 Å². The zero-order chi connectivity index (χ0) is 11.4. The average molecular weight is 248 g/mol. The lowest BCUT2D eigenvalue weighted by Gasteiger charge is -2.08. The number of benzene rings is 1. The van der Waals surface area contributed by atoms with E-state index in [-0.39, 0.29) is 0 Å². The summed E-state index contributed by atoms with van der Waals surface area (Å²) in [6, 6.07) is 3.28. The predicted octanol–water partition coefficient (Wildman–Crippen LogP) is 3.87. The fraction of sp³-hybridized carbons (Fsp3) is 0.300. The Hall–Kier alpha value is -0.930. The minimum atomic E-state index is -0.542. The maximum absolute atomic E-state index is 11.1. The van der Waals surface area contributed by atoms with Crippen molar-refractivity contribution in [2.75, 3.05) is 11.9 Å². The molecule has 1 rings (SSSR count). The number of hydrogen-bond acceptors (Lipinski definition) is 2. The van der Waals surface area contributed by atoms with Crippen LogP contribution in [0.3, 0.4) is 0 Å². The number of amides is 1. The molecule has 1 aromatic carbocycles. The molecule has 82 valence electrons. The van der Waals surface area contributed by atoms with Gasteiger partial charge in [0, 0.05) is 5.02 Å². The molecule has 0 saturated carbocycles. The van der Waals surface area contributed by atoms with E-state index in [1.807, 2.05) is 6.92 Å². The Morgan fingerprint density at radius 1 is 1.40 bits per heavy atom. The third-order valence-electron chi connectivity index (χ3n) is 1.76. The molecule has 1 aromatic rings. The first-order valence-electron chi connectivity index (χ1n) is 4.44. The van der Waals surface area contributed by atoms with Gasteiger partial charge in [0.1, 0.15) is 0 Å². The molecule has 0 fully saturated rings. The van der Waals surface area contributed by atoms with Gasteiger partial charge in [-0.05, 0) is 31.5 Å². The van der Waals surface area contributed by atoms with E-state index < -0.39 is 6.09 Å². The van der Waals surface area contributed by atoms with Gasteiger partial charge in [0.25, 0.3) is 0 Å². The monoisotopic (exact) mass is 247 g/mol. The summed E-state index contributed by atoms with van der Waals surface area (Å²) in [4.78, 5) is 11.1. The number of nitrogens with one attached hydrogen (secondary N) is 1. The lowest BCUT2D eigenvalue weighted by molar-refractivity contribution is 0.168. The highest BCUT2D eigenvalue weighted by atomic mass is 35.5. The molecule has 15 heavy (non-hydrogen) atoms. The minimum absolute atomic E-state index is 0.309. The molecular formula is C10H11Cl2NO2. The Balaban J connectivity index is 2.86. The van der Waals surface area contributed by atoms with Crippen LogP contribution in [0.4, 0.5) is 10.5 Å². The number of halogens is 2. The Labute approximate surface area is 98.3 Å². The Morgan fingerprint density at radius 2 is 2.07 bits per heavy atom. The highest BCUT2D eigenvalue weighted by molar-refractivity contribution is 6.36. The zero-order valence-corrected chi connectivity index (χ0v) is 9.95. The number of anilines is 1. The molecule has 0 aliphatic rings. The van der Waals surface area contributed by atoms with Gasteiger partial charge in [0.2, 0.25) is 0 Å². The van der Waals surface area contributed by atoms with Crippen LogP contribution in [0.1, 0.15) is 12.5 Å². The molecule has 0 atom stereocenters. The molecule has 0 heterocycles. The highest BCUT2D eigenvalue weighted by Gasteiger charge is 2.08. The van der Waals surface area contributed by atoms with Crippen molar-refractivity contribution in [3.63, 3.8) is 0 Å². The average Bonchev–Trinajstić information content (AvgIpc) is 2.14. The van der Waals surface area contributed by atoms with Crippen molar-refractivity contribution < 1.29 is 9.53 Å². The van der Waals surface area contributed by atoms with Gasteiger partial charge >= 0.3 is 6.09 Å². The second-order valence-electron chi connectivity index (χ2n) is 2.93. The van der Waals surface area contributed by atoms with Crippen molar-refractivity contribution in [2.24, 2.45) is 0 Å². The molecule has 1 N–H and O–H groups in total. The van der Waals surface area contributed by atoms with Crippen LogP contribution in [0.5, 0.6) is 0 Å². The minimum Gasteiger partial charge on any atom is -0.450 e. The van der Waals surface area contributed by atoms with Gasteiger partial charge in [-0.3, -0.25) is 5.32 Å². The normalized spacial score (nSPS) is 9.87. The van der Waals surface area contributed by atoms with E-state index in [2.05, 4.69) is 5.32 Å². The van der Waals surface area contributed by atoms with E-state index >= 15 is 0 Å². The topological polar surface area (TPSA) is 38.3 Å². The van der Waals surface area contributed by atoms with Crippen LogP contribution in [0.15, 0.2) is 12.1 Å². The highest BCUT2D eigenvalue weighted by Crippen LogP contribution is 2.28. The van der Waals surface area contributed by atoms with Crippen LogP contribution < -0.4 is 5.32 Å². The lowest BCUT2D eigenvalue weighted by Crippen LogP contribution is -2.13. The Kier molecular flexibility index (Phi) is 4.24. The first-order valence-corrected chi connectivity index (χ1v) is 5.19. The third-order valence-corrected chi connectivity index (χ3v) is 2.48. The molecule has 0 saturated heterocycles. The summed E-state index contributed by atoms with van der Waals surface area (Å²) < 4.78 is 4.72. The number of rotatable bonds is 2. The van der Waals surface area contributed by atoms with Crippen molar-refractivity contribution in [1.29, 1.82) is 0 Å². The van der Waals surface area contributed by atoms with Crippen molar-refractivity contribution in [1.82, 2.24) is 0 Å². The van der Waals surface area contributed by atoms with Gasteiger partial charge in [0.15, 0.2) is 0 Å².